The van der Waals surface area contributed by atoms with Gasteiger partial charge >= 0.3 is 0 Å². The fourth-order valence-corrected chi connectivity index (χ4v) is 4.28. The van der Waals surface area contributed by atoms with E-state index in [1.54, 1.807) is 12.1 Å². The Bertz CT molecular complexity index is 1020. The second kappa shape index (κ2) is 6.70. The van der Waals surface area contributed by atoms with Crippen molar-refractivity contribution >= 4 is 11.3 Å². The Morgan fingerprint density at radius 2 is 1.63 bits per heavy atom. The zero-order valence-electron chi connectivity index (χ0n) is 15.1. The first kappa shape index (κ1) is 16.3. The summed E-state index contributed by atoms with van der Waals surface area (Å²) < 4.78 is 20.4. The van der Waals surface area contributed by atoms with Crippen LogP contribution in [0.5, 0.6) is 0 Å². The maximum absolute atomic E-state index is 14.0. The molecule has 1 nitrogen and oxygen atoms in total. The number of benzene rings is 3. The van der Waals surface area contributed by atoms with E-state index in [9.17, 15) is 4.39 Å². The lowest BCUT2D eigenvalue weighted by Gasteiger charge is -2.16. The molecule has 0 bridgehead atoms. The predicted molar refractivity (Wildman–Crippen MR) is 107 cm³/mol. The summed E-state index contributed by atoms with van der Waals surface area (Å²) in [5.74, 6) is 0.676. The van der Waals surface area contributed by atoms with E-state index < -0.39 is 0 Å². The van der Waals surface area contributed by atoms with Crippen molar-refractivity contribution in [3.05, 3.63) is 106 Å². The Balaban J connectivity index is 1.49. The molecule has 3 aromatic rings. The first-order valence-corrected chi connectivity index (χ1v) is 9.59. The second-order valence-corrected chi connectivity index (χ2v) is 7.41. The molecule has 5 rings (SSSR count). The Morgan fingerprint density at radius 1 is 0.852 bits per heavy atom. The average Bonchev–Trinajstić information content (AvgIpc) is 3.08. The molecular weight excluding hydrogens is 335 g/mol. The van der Waals surface area contributed by atoms with Gasteiger partial charge in [-0.15, -0.1) is 0 Å². The van der Waals surface area contributed by atoms with Gasteiger partial charge in [0, 0.05) is 17.6 Å². The van der Waals surface area contributed by atoms with E-state index in [1.807, 2.05) is 12.1 Å². The van der Waals surface area contributed by atoms with E-state index in [-0.39, 0.29) is 11.9 Å². The van der Waals surface area contributed by atoms with Crippen LogP contribution in [0.2, 0.25) is 0 Å². The van der Waals surface area contributed by atoms with Gasteiger partial charge in [-0.1, -0.05) is 60.7 Å². The number of fused-ring (bicyclic) bond motifs is 4. The fourth-order valence-electron chi connectivity index (χ4n) is 4.28. The van der Waals surface area contributed by atoms with Crippen molar-refractivity contribution in [3.63, 3.8) is 0 Å². The summed E-state index contributed by atoms with van der Waals surface area (Å²) in [6.07, 6.45) is 3.79. The smallest absolute Gasteiger partial charge is 0.131 e. The first-order chi connectivity index (χ1) is 13.3. The third-order valence-corrected chi connectivity index (χ3v) is 5.63. The van der Waals surface area contributed by atoms with Crippen LogP contribution < -0.4 is 0 Å². The van der Waals surface area contributed by atoms with E-state index in [1.165, 1.54) is 22.3 Å². The highest BCUT2D eigenvalue weighted by atomic mass is 19.1. The summed E-state index contributed by atoms with van der Waals surface area (Å²) in [6, 6.07) is 24.1. The zero-order chi connectivity index (χ0) is 18.2. The van der Waals surface area contributed by atoms with Gasteiger partial charge < -0.3 is 4.74 Å². The minimum Gasteiger partial charge on any atom is -0.489 e. The number of hydrogen-bond donors (Lipinski definition) is 0. The van der Waals surface area contributed by atoms with E-state index in [2.05, 4.69) is 48.5 Å². The van der Waals surface area contributed by atoms with Crippen molar-refractivity contribution in [3.8, 4) is 0 Å². The predicted octanol–water partition coefficient (Wildman–Crippen LogP) is 6.02. The number of aryl methyl sites for hydroxylation is 1. The van der Waals surface area contributed by atoms with Gasteiger partial charge in [-0.25, -0.2) is 4.39 Å². The molecular formula is C25H21FO. The van der Waals surface area contributed by atoms with Crippen LogP contribution >= 0.6 is 0 Å². The zero-order valence-corrected chi connectivity index (χ0v) is 15.1. The van der Waals surface area contributed by atoms with E-state index in [4.69, 9.17) is 4.74 Å². The first-order valence-electron chi connectivity index (χ1n) is 9.59. The van der Waals surface area contributed by atoms with Crippen molar-refractivity contribution in [1.82, 2.24) is 0 Å². The highest BCUT2D eigenvalue weighted by molar-refractivity contribution is 5.92. The molecule has 2 aliphatic rings. The molecule has 0 fully saturated rings. The second-order valence-electron chi connectivity index (χ2n) is 7.41. The minimum absolute atomic E-state index is 0.137. The van der Waals surface area contributed by atoms with Crippen LogP contribution in [0.1, 0.15) is 40.7 Å². The topological polar surface area (TPSA) is 9.23 Å². The monoisotopic (exact) mass is 356 g/mol. The number of hydrogen-bond acceptors (Lipinski definition) is 1. The molecule has 0 saturated carbocycles. The van der Waals surface area contributed by atoms with Crippen LogP contribution in [-0.4, -0.2) is 6.10 Å². The lowest BCUT2D eigenvalue weighted by Crippen LogP contribution is -2.09. The summed E-state index contributed by atoms with van der Waals surface area (Å²) in [5.41, 5.74) is 7.16. The van der Waals surface area contributed by atoms with Crippen molar-refractivity contribution in [1.29, 1.82) is 0 Å². The summed E-state index contributed by atoms with van der Waals surface area (Å²) >= 11 is 0. The van der Waals surface area contributed by atoms with Crippen LogP contribution in [0.3, 0.4) is 0 Å². The summed E-state index contributed by atoms with van der Waals surface area (Å²) in [4.78, 5) is 0. The Kier molecular flexibility index (Phi) is 4.05. The normalized spacial score (nSPS) is 17.6. The van der Waals surface area contributed by atoms with Gasteiger partial charge in [0.15, 0.2) is 0 Å². The summed E-state index contributed by atoms with van der Waals surface area (Å²) in [5, 5.41) is 0. The molecule has 0 saturated heterocycles. The Morgan fingerprint density at radius 3 is 2.52 bits per heavy atom. The molecule has 1 atom stereocenters. The molecule has 0 radical (unpaired) electrons. The molecule has 27 heavy (non-hydrogen) atoms. The maximum Gasteiger partial charge on any atom is 0.131 e. The molecule has 0 amide bonds. The quantitative estimate of drug-likeness (QED) is 0.557. The number of rotatable bonds is 3. The molecule has 1 aliphatic carbocycles. The van der Waals surface area contributed by atoms with Crippen LogP contribution in [0, 0.1) is 5.82 Å². The molecule has 2 heteroatoms. The van der Waals surface area contributed by atoms with E-state index >= 15 is 0 Å². The molecule has 0 N–H and O–H groups in total. The van der Waals surface area contributed by atoms with Gasteiger partial charge in [-0.2, -0.15) is 0 Å². The van der Waals surface area contributed by atoms with Crippen molar-refractivity contribution in [2.75, 3.05) is 0 Å². The summed E-state index contributed by atoms with van der Waals surface area (Å²) in [7, 11) is 0. The van der Waals surface area contributed by atoms with Gasteiger partial charge in [0.05, 0.1) is 0 Å². The van der Waals surface area contributed by atoms with Crippen molar-refractivity contribution < 1.29 is 9.13 Å². The number of ether oxygens (including phenoxy) is 1. The molecule has 1 unspecified atom stereocenters. The molecule has 0 aromatic heterocycles. The van der Waals surface area contributed by atoms with Crippen LogP contribution in [0.25, 0.3) is 11.3 Å². The Hall–Kier alpha value is -2.87. The minimum atomic E-state index is -0.206. The fraction of sp³-hybridized carbons (Fsp3) is 0.200. The van der Waals surface area contributed by atoms with Gasteiger partial charge in [0.2, 0.25) is 0 Å². The van der Waals surface area contributed by atoms with Crippen LogP contribution in [0.15, 0.2) is 72.8 Å². The van der Waals surface area contributed by atoms with Gasteiger partial charge in [-0.3, -0.25) is 0 Å². The molecule has 1 heterocycles. The van der Waals surface area contributed by atoms with Gasteiger partial charge in [0.1, 0.15) is 17.7 Å². The third kappa shape index (κ3) is 3.06. The SMILES string of the molecule is Fc1ccc2c(c1)C1=C(CC(CCc3ccccc3)O1)c1ccccc1C2. The van der Waals surface area contributed by atoms with E-state index in [0.29, 0.717) is 0 Å². The maximum atomic E-state index is 14.0. The van der Waals surface area contributed by atoms with Crippen LogP contribution in [-0.2, 0) is 17.6 Å². The molecule has 3 aromatic carbocycles. The highest BCUT2D eigenvalue weighted by Gasteiger charge is 2.32. The van der Waals surface area contributed by atoms with Gasteiger partial charge in [0.25, 0.3) is 0 Å². The van der Waals surface area contributed by atoms with Crippen molar-refractivity contribution in [2.45, 2.75) is 31.8 Å². The summed E-state index contributed by atoms with van der Waals surface area (Å²) in [6.45, 7) is 0. The molecule has 1 aliphatic heterocycles. The van der Waals surface area contributed by atoms with Gasteiger partial charge in [-0.05, 0) is 53.6 Å². The molecule has 134 valence electrons. The number of halogens is 1. The average molecular weight is 356 g/mol. The van der Waals surface area contributed by atoms with Crippen molar-refractivity contribution in [2.24, 2.45) is 0 Å². The largest absolute Gasteiger partial charge is 0.489 e. The third-order valence-electron chi connectivity index (χ3n) is 5.63. The molecule has 0 spiro atoms. The Labute approximate surface area is 159 Å². The van der Waals surface area contributed by atoms with E-state index in [0.717, 1.165) is 42.6 Å². The van der Waals surface area contributed by atoms with Crippen LogP contribution in [0.4, 0.5) is 4.39 Å². The highest BCUT2D eigenvalue weighted by Crippen LogP contribution is 2.44. The standard InChI is InChI=1S/C25H21FO/c26-20-12-11-19-14-18-8-4-5-9-22(18)24-16-21(27-25(24)23(19)15-20)13-10-17-6-2-1-3-7-17/h1-9,11-12,15,21H,10,13-14,16H2. The lowest BCUT2D eigenvalue weighted by molar-refractivity contribution is 0.181. The lowest BCUT2D eigenvalue weighted by atomic mass is 9.94.